The molecule has 0 heterocycles. The molecule has 0 aliphatic carbocycles. The zero-order chi connectivity index (χ0) is 15.2. The number of amides is 1. The Hall–Kier alpha value is -1.75. The zero-order valence-corrected chi connectivity index (χ0v) is 12.8. The summed E-state index contributed by atoms with van der Waals surface area (Å²) in [7, 11) is 3.06. The highest BCUT2D eigenvalue weighted by Crippen LogP contribution is 2.20. The van der Waals surface area contributed by atoms with E-state index in [1.54, 1.807) is 7.11 Å². The molecular formula is C15H24N2O3. The Morgan fingerprint density at radius 2 is 1.95 bits per heavy atom. The second-order valence-corrected chi connectivity index (χ2v) is 5.41. The van der Waals surface area contributed by atoms with Gasteiger partial charge in [0.05, 0.1) is 12.7 Å². The summed E-state index contributed by atoms with van der Waals surface area (Å²) in [6.45, 7) is 6.21. The molecule has 0 bridgehead atoms. The number of nitrogens with one attached hydrogen (secondary N) is 2. The van der Waals surface area contributed by atoms with Crippen LogP contribution < -0.4 is 10.6 Å². The van der Waals surface area contributed by atoms with Crippen LogP contribution in [0.5, 0.6) is 0 Å². The maximum atomic E-state index is 11.2. The van der Waals surface area contributed by atoms with Gasteiger partial charge in [0.1, 0.15) is 0 Å². The van der Waals surface area contributed by atoms with Gasteiger partial charge < -0.3 is 14.8 Å². The van der Waals surface area contributed by atoms with Gasteiger partial charge >= 0.3 is 6.09 Å². The number of hydrogen-bond donors (Lipinski definition) is 2. The zero-order valence-electron chi connectivity index (χ0n) is 12.8. The Kier molecular flexibility index (Phi) is 5.82. The van der Waals surface area contributed by atoms with E-state index in [-0.39, 0.29) is 11.6 Å². The summed E-state index contributed by atoms with van der Waals surface area (Å²) < 4.78 is 9.99. The van der Waals surface area contributed by atoms with E-state index in [1.807, 2.05) is 24.3 Å². The van der Waals surface area contributed by atoms with Crippen molar-refractivity contribution in [3.05, 3.63) is 24.3 Å². The average molecular weight is 280 g/mol. The van der Waals surface area contributed by atoms with Gasteiger partial charge in [0.25, 0.3) is 0 Å². The first-order valence-electron chi connectivity index (χ1n) is 6.63. The highest BCUT2D eigenvalue weighted by atomic mass is 16.5. The number of carbonyl (C=O) groups is 1. The third-order valence-corrected chi connectivity index (χ3v) is 3.06. The first-order chi connectivity index (χ1) is 9.36. The largest absolute Gasteiger partial charge is 0.453 e. The van der Waals surface area contributed by atoms with Gasteiger partial charge in [-0.15, -0.1) is 0 Å². The Labute approximate surface area is 120 Å². The molecule has 1 unspecified atom stereocenters. The van der Waals surface area contributed by atoms with Crippen LogP contribution in [0, 0.1) is 0 Å². The minimum absolute atomic E-state index is 0.172. The topological polar surface area (TPSA) is 59.6 Å². The molecule has 5 nitrogen and oxygen atoms in total. The van der Waals surface area contributed by atoms with E-state index in [0.717, 1.165) is 12.1 Å². The van der Waals surface area contributed by atoms with Crippen molar-refractivity contribution in [2.75, 3.05) is 24.9 Å². The summed E-state index contributed by atoms with van der Waals surface area (Å²) in [5, 5.41) is 6.03. The predicted octanol–water partition coefficient (Wildman–Crippen LogP) is 3.48. The first kappa shape index (κ1) is 16.3. The standard InChI is InChI=1S/C15H24N2O3/c1-11(10-15(2,3)20-5)16-12-7-6-8-13(9-12)17-14(18)19-4/h6-9,11,16H,10H2,1-5H3,(H,17,18). The highest BCUT2D eigenvalue weighted by molar-refractivity contribution is 5.85. The molecule has 1 aromatic carbocycles. The lowest BCUT2D eigenvalue weighted by Crippen LogP contribution is -2.31. The second-order valence-electron chi connectivity index (χ2n) is 5.41. The fourth-order valence-corrected chi connectivity index (χ4v) is 2.01. The van der Waals surface area contributed by atoms with Crippen LogP contribution >= 0.6 is 0 Å². The average Bonchev–Trinajstić information content (AvgIpc) is 2.38. The van der Waals surface area contributed by atoms with Crippen LogP contribution in [-0.2, 0) is 9.47 Å². The van der Waals surface area contributed by atoms with Gasteiger partial charge in [0.15, 0.2) is 0 Å². The molecular weight excluding hydrogens is 256 g/mol. The van der Waals surface area contributed by atoms with Crippen LogP contribution in [0.1, 0.15) is 27.2 Å². The molecule has 0 fully saturated rings. The Bertz CT molecular complexity index is 446. The fourth-order valence-electron chi connectivity index (χ4n) is 2.01. The summed E-state index contributed by atoms with van der Waals surface area (Å²) in [4.78, 5) is 11.2. The Balaban J connectivity index is 2.64. The monoisotopic (exact) mass is 280 g/mol. The molecule has 20 heavy (non-hydrogen) atoms. The van der Waals surface area contributed by atoms with E-state index < -0.39 is 6.09 Å². The van der Waals surface area contributed by atoms with Crippen molar-refractivity contribution in [3.8, 4) is 0 Å². The van der Waals surface area contributed by atoms with Gasteiger partial charge in [0.2, 0.25) is 0 Å². The maximum absolute atomic E-state index is 11.2. The van der Waals surface area contributed by atoms with E-state index in [1.165, 1.54) is 7.11 Å². The minimum Gasteiger partial charge on any atom is -0.453 e. The molecule has 0 spiro atoms. The maximum Gasteiger partial charge on any atom is 0.411 e. The quantitative estimate of drug-likeness (QED) is 0.837. The summed E-state index contributed by atoms with van der Waals surface area (Å²) in [5.41, 5.74) is 1.47. The third kappa shape index (κ3) is 5.48. The van der Waals surface area contributed by atoms with Crippen LogP contribution in [0.4, 0.5) is 16.2 Å². The smallest absolute Gasteiger partial charge is 0.411 e. The first-order valence-corrected chi connectivity index (χ1v) is 6.63. The number of carbonyl (C=O) groups excluding carboxylic acids is 1. The van der Waals surface area contributed by atoms with Gasteiger partial charge in [-0.3, -0.25) is 5.32 Å². The lowest BCUT2D eigenvalue weighted by atomic mass is 9.99. The van der Waals surface area contributed by atoms with Crippen molar-refractivity contribution in [3.63, 3.8) is 0 Å². The van der Waals surface area contributed by atoms with Gasteiger partial charge in [0, 0.05) is 24.5 Å². The lowest BCUT2D eigenvalue weighted by Gasteiger charge is -2.27. The number of rotatable bonds is 6. The van der Waals surface area contributed by atoms with Crippen molar-refractivity contribution in [1.82, 2.24) is 0 Å². The second kappa shape index (κ2) is 7.14. The van der Waals surface area contributed by atoms with E-state index in [0.29, 0.717) is 5.69 Å². The molecule has 1 atom stereocenters. The normalized spacial score (nSPS) is 12.7. The van der Waals surface area contributed by atoms with Crippen LogP contribution in [0.25, 0.3) is 0 Å². The Morgan fingerprint density at radius 1 is 1.30 bits per heavy atom. The van der Waals surface area contributed by atoms with Crippen molar-refractivity contribution < 1.29 is 14.3 Å². The van der Waals surface area contributed by atoms with Gasteiger partial charge in [-0.2, -0.15) is 0 Å². The number of methoxy groups -OCH3 is 2. The fraction of sp³-hybridized carbons (Fsp3) is 0.533. The molecule has 0 saturated carbocycles. The summed E-state index contributed by atoms with van der Waals surface area (Å²) in [6, 6.07) is 7.76. The van der Waals surface area contributed by atoms with E-state index in [9.17, 15) is 4.79 Å². The molecule has 5 heteroatoms. The van der Waals surface area contributed by atoms with E-state index in [2.05, 4.69) is 36.1 Å². The molecule has 0 radical (unpaired) electrons. The molecule has 0 saturated heterocycles. The number of anilines is 2. The molecule has 0 aromatic heterocycles. The van der Waals surface area contributed by atoms with Crippen LogP contribution in [0.2, 0.25) is 0 Å². The van der Waals surface area contributed by atoms with Crippen LogP contribution in [0.3, 0.4) is 0 Å². The Morgan fingerprint density at radius 3 is 2.55 bits per heavy atom. The summed E-state index contributed by atoms with van der Waals surface area (Å²) in [5.74, 6) is 0. The van der Waals surface area contributed by atoms with E-state index in [4.69, 9.17) is 4.74 Å². The highest BCUT2D eigenvalue weighted by Gasteiger charge is 2.20. The number of ether oxygens (including phenoxy) is 2. The molecule has 1 rings (SSSR count). The molecule has 2 N–H and O–H groups in total. The van der Waals surface area contributed by atoms with Crippen LogP contribution in [-0.4, -0.2) is 32.0 Å². The SMILES string of the molecule is COC(=O)Nc1cccc(NC(C)CC(C)(C)OC)c1. The molecule has 0 aliphatic heterocycles. The van der Waals surface area contributed by atoms with Gasteiger partial charge in [-0.25, -0.2) is 4.79 Å². The molecule has 1 amide bonds. The number of hydrogen-bond acceptors (Lipinski definition) is 4. The van der Waals surface area contributed by atoms with E-state index >= 15 is 0 Å². The summed E-state index contributed by atoms with van der Waals surface area (Å²) >= 11 is 0. The molecule has 112 valence electrons. The van der Waals surface area contributed by atoms with Crippen molar-refractivity contribution in [2.24, 2.45) is 0 Å². The van der Waals surface area contributed by atoms with Crippen LogP contribution in [0.15, 0.2) is 24.3 Å². The summed E-state index contributed by atoms with van der Waals surface area (Å²) in [6.07, 6.45) is 0.397. The lowest BCUT2D eigenvalue weighted by molar-refractivity contribution is 0.0128. The van der Waals surface area contributed by atoms with Crippen molar-refractivity contribution >= 4 is 17.5 Å². The van der Waals surface area contributed by atoms with Gasteiger partial charge in [-0.05, 0) is 45.4 Å². The number of benzene rings is 1. The van der Waals surface area contributed by atoms with Crippen molar-refractivity contribution in [2.45, 2.75) is 38.8 Å². The van der Waals surface area contributed by atoms with Gasteiger partial charge in [-0.1, -0.05) is 6.07 Å². The molecule has 0 aliphatic rings. The molecule has 1 aromatic rings. The minimum atomic E-state index is -0.476. The predicted molar refractivity (Wildman–Crippen MR) is 81.3 cm³/mol. The van der Waals surface area contributed by atoms with Crippen molar-refractivity contribution in [1.29, 1.82) is 0 Å². The third-order valence-electron chi connectivity index (χ3n) is 3.06.